The molecule has 4 rings (SSSR count). The number of carbonyl (C=O) groups excluding carboxylic acids is 5. The standard InChI is InChI=1S/C22H19N3O6/c1-13(18(26)24-10-9-23-22(24)30)31-21(29)15-7-8-16-17(11-15)20(28)25(19(16)27)12-14-5-3-2-4-6-14/h2-8,11,13H,9-10,12H2,1H3,(H,23,30). The van der Waals surface area contributed by atoms with E-state index in [1.54, 1.807) is 0 Å². The van der Waals surface area contributed by atoms with Crippen molar-refractivity contribution < 1.29 is 28.7 Å². The molecule has 0 radical (unpaired) electrons. The van der Waals surface area contributed by atoms with E-state index in [1.807, 2.05) is 30.3 Å². The van der Waals surface area contributed by atoms with E-state index in [0.29, 0.717) is 6.54 Å². The quantitative estimate of drug-likeness (QED) is 0.579. The molecule has 1 atom stereocenters. The molecule has 0 bridgehead atoms. The number of nitrogens with zero attached hydrogens (tertiary/aromatic N) is 2. The molecule has 9 nitrogen and oxygen atoms in total. The Kier molecular flexibility index (Phi) is 5.24. The van der Waals surface area contributed by atoms with Gasteiger partial charge in [0.05, 0.1) is 23.2 Å². The molecule has 1 fully saturated rings. The van der Waals surface area contributed by atoms with Crippen molar-refractivity contribution in [2.75, 3.05) is 13.1 Å². The van der Waals surface area contributed by atoms with Crippen LogP contribution in [0.1, 0.15) is 43.6 Å². The molecule has 2 aliphatic rings. The van der Waals surface area contributed by atoms with Gasteiger partial charge in [-0.2, -0.15) is 0 Å². The minimum atomic E-state index is -1.18. The molecule has 1 saturated heterocycles. The first-order valence-corrected chi connectivity index (χ1v) is 9.71. The third kappa shape index (κ3) is 3.77. The number of rotatable bonds is 5. The van der Waals surface area contributed by atoms with Crippen molar-refractivity contribution in [3.63, 3.8) is 0 Å². The van der Waals surface area contributed by atoms with Gasteiger partial charge in [-0.3, -0.25) is 24.2 Å². The normalized spacial score (nSPS) is 16.2. The van der Waals surface area contributed by atoms with Gasteiger partial charge in [-0.15, -0.1) is 0 Å². The maximum Gasteiger partial charge on any atom is 0.338 e. The lowest BCUT2D eigenvalue weighted by molar-refractivity contribution is -0.136. The minimum Gasteiger partial charge on any atom is -0.449 e. The predicted molar refractivity (Wildman–Crippen MR) is 107 cm³/mol. The van der Waals surface area contributed by atoms with Crippen molar-refractivity contribution in [2.24, 2.45) is 0 Å². The number of carbonyl (C=O) groups is 5. The number of fused-ring (bicyclic) bond motifs is 1. The molecule has 31 heavy (non-hydrogen) atoms. The van der Waals surface area contributed by atoms with Crippen molar-refractivity contribution in [1.82, 2.24) is 15.1 Å². The highest BCUT2D eigenvalue weighted by molar-refractivity contribution is 6.21. The molecule has 0 aliphatic carbocycles. The maximum atomic E-state index is 12.8. The molecule has 2 aromatic carbocycles. The predicted octanol–water partition coefficient (Wildman–Crippen LogP) is 1.58. The monoisotopic (exact) mass is 421 g/mol. The van der Waals surface area contributed by atoms with E-state index in [0.717, 1.165) is 15.4 Å². The fraction of sp³-hybridized carbons (Fsp3) is 0.227. The van der Waals surface area contributed by atoms with Crippen LogP contribution in [-0.2, 0) is 16.1 Å². The smallest absolute Gasteiger partial charge is 0.338 e. The summed E-state index contributed by atoms with van der Waals surface area (Å²) in [4.78, 5) is 63.9. The lowest BCUT2D eigenvalue weighted by Gasteiger charge is -2.18. The van der Waals surface area contributed by atoms with E-state index in [9.17, 15) is 24.0 Å². The average molecular weight is 421 g/mol. The SMILES string of the molecule is CC(OC(=O)c1ccc2c(c1)C(=O)N(Cc1ccccc1)C2=O)C(=O)N1CCNC1=O. The number of hydrogen-bond acceptors (Lipinski definition) is 6. The average Bonchev–Trinajstić information content (AvgIpc) is 3.30. The molecule has 2 aliphatic heterocycles. The van der Waals surface area contributed by atoms with E-state index < -0.39 is 35.8 Å². The van der Waals surface area contributed by atoms with Gasteiger partial charge in [0.25, 0.3) is 17.7 Å². The van der Waals surface area contributed by atoms with Crippen molar-refractivity contribution in [1.29, 1.82) is 0 Å². The summed E-state index contributed by atoms with van der Waals surface area (Å²) in [5.41, 5.74) is 1.14. The number of urea groups is 1. The molecule has 0 spiro atoms. The highest BCUT2D eigenvalue weighted by Crippen LogP contribution is 2.26. The summed E-state index contributed by atoms with van der Waals surface area (Å²) in [5, 5.41) is 2.50. The molecule has 2 heterocycles. The number of esters is 1. The van der Waals surface area contributed by atoms with Gasteiger partial charge >= 0.3 is 12.0 Å². The highest BCUT2D eigenvalue weighted by atomic mass is 16.5. The third-order valence-corrected chi connectivity index (χ3v) is 5.14. The molecule has 5 amide bonds. The van der Waals surface area contributed by atoms with Gasteiger partial charge in [0.15, 0.2) is 6.10 Å². The van der Waals surface area contributed by atoms with Crippen molar-refractivity contribution >= 4 is 29.7 Å². The summed E-state index contributed by atoms with van der Waals surface area (Å²) in [5.74, 6) is -2.40. The van der Waals surface area contributed by atoms with Crippen LogP contribution < -0.4 is 5.32 Å². The van der Waals surface area contributed by atoms with E-state index in [2.05, 4.69) is 5.32 Å². The largest absolute Gasteiger partial charge is 0.449 e. The molecular formula is C22H19N3O6. The Morgan fingerprint density at radius 1 is 1.03 bits per heavy atom. The summed E-state index contributed by atoms with van der Waals surface area (Å²) in [6, 6.07) is 12.6. The molecule has 2 aromatic rings. The lowest BCUT2D eigenvalue weighted by atomic mass is 10.1. The van der Waals surface area contributed by atoms with Gasteiger partial charge in [0.2, 0.25) is 0 Å². The number of benzene rings is 2. The van der Waals surface area contributed by atoms with Gasteiger partial charge in [0, 0.05) is 13.1 Å². The Balaban J connectivity index is 1.48. The topological polar surface area (TPSA) is 113 Å². The Hall–Kier alpha value is -4.01. The van der Waals surface area contributed by atoms with Gasteiger partial charge in [0.1, 0.15) is 0 Å². The van der Waals surface area contributed by atoms with Gasteiger partial charge in [-0.25, -0.2) is 9.59 Å². The fourth-order valence-corrected chi connectivity index (χ4v) is 3.51. The first-order chi connectivity index (χ1) is 14.9. The molecule has 158 valence electrons. The van der Waals surface area contributed by atoms with Crippen molar-refractivity contribution in [3.05, 3.63) is 70.8 Å². The second-order valence-electron chi connectivity index (χ2n) is 7.21. The van der Waals surface area contributed by atoms with Crippen LogP contribution in [0.2, 0.25) is 0 Å². The highest BCUT2D eigenvalue weighted by Gasteiger charge is 2.37. The van der Waals surface area contributed by atoms with Gasteiger partial charge in [-0.1, -0.05) is 30.3 Å². The molecule has 0 saturated carbocycles. The van der Waals surface area contributed by atoms with Gasteiger partial charge in [-0.05, 0) is 30.7 Å². The summed E-state index contributed by atoms with van der Waals surface area (Å²) in [6.45, 7) is 2.03. The molecular weight excluding hydrogens is 402 g/mol. The zero-order valence-electron chi connectivity index (χ0n) is 16.7. The van der Waals surface area contributed by atoms with Crippen molar-refractivity contribution in [2.45, 2.75) is 19.6 Å². The lowest BCUT2D eigenvalue weighted by Crippen LogP contribution is -2.41. The molecule has 9 heteroatoms. The fourth-order valence-electron chi connectivity index (χ4n) is 3.51. The Morgan fingerprint density at radius 2 is 1.74 bits per heavy atom. The summed E-state index contributed by atoms with van der Waals surface area (Å²) >= 11 is 0. The van der Waals surface area contributed by atoms with Crippen LogP contribution in [0.5, 0.6) is 0 Å². The third-order valence-electron chi connectivity index (χ3n) is 5.14. The second-order valence-corrected chi connectivity index (χ2v) is 7.21. The number of hydrogen-bond donors (Lipinski definition) is 1. The van der Waals surface area contributed by atoms with Crippen LogP contribution in [0.4, 0.5) is 4.79 Å². The van der Waals surface area contributed by atoms with Crippen LogP contribution in [0, 0.1) is 0 Å². The molecule has 1 unspecified atom stereocenters. The van der Waals surface area contributed by atoms with Crippen LogP contribution in [0.3, 0.4) is 0 Å². The molecule has 1 N–H and O–H groups in total. The number of amides is 5. The summed E-state index contributed by atoms with van der Waals surface area (Å²) in [6.07, 6.45) is -1.18. The van der Waals surface area contributed by atoms with Gasteiger partial charge < -0.3 is 10.1 Å². The Bertz CT molecular complexity index is 1100. The maximum absolute atomic E-state index is 12.8. The zero-order valence-corrected chi connectivity index (χ0v) is 16.7. The Labute approximate surface area is 177 Å². The molecule has 0 aromatic heterocycles. The zero-order chi connectivity index (χ0) is 22.1. The van der Waals surface area contributed by atoms with E-state index in [-0.39, 0.29) is 29.8 Å². The first-order valence-electron chi connectivity index (χ1n) is 9.71. The number of ether oxygens (including phenoxy) is 1. The minimum absolute atomic E-state index is 0.0342. The van der Waals surface area contributed by atoms with Crippen LogP contribution in [-0.4, -0.2) is 58.7 Å². The van der Waals surface area contributed by atoms with Crippen LogP contribution in [0.15, 0.2) is 48.5 Å². The number of nitrogens with one attached hydrogen (secondary N) is 1. The summed E-state index contributed by atoms with van der Waals surface area (Å²) in [7, 11) is 0. The first kappa shape index (κ1) is 20.3. The second kappa shape index (κ2) is 8.02. The number of imide groups is 2. The van der Waals surface area contributed by atoms with Crippen LogP contribution in [0.25, 0.3) is 0 Å². The van der Waals surface area contributed by atoms with E-state index in [4.69, 9.17) is 4.74 Å². The summed E-state index contributed by atoms with van der Waals surface area (Å²) < 4.78 is 5.18. The Morgan fingerprint density at radius 3 is 2.42 bits per heavy atom. The van der Waals surface area contributed by atoms with E-state index in [1.165, 1.54) is 25.1 Å². The van der Waals surface area contributed by atoms with Crippen LogP contribution >= 0.6 is 0 Å². The van der Waals surface area contributed by atoms with E-state index >= 15 is 0 Å². The van der Waals surface area contributed by atoms with Crippen molar-refractivity contribution in [3.8, 4) is 0 Å².